The third-order valence-electron chi connectivity index (χ3n) is 1.81. The number of hydrogen-bond acceptors (Lipinski definition) is 6. The summed E-state index contributed by atoms with van der Waals surface area (Å²) in [6.07, 6.45) is 2.23. The number of hydrogen-bond donors (Lipinski definition) is 5. The summed E-state index contributed by atoms with van der Waals surface area (Å²) in [6.45, 7) is 0. The first kappa shape index (κ1) is 24.7. The molecule has 0 aliphatic heterocycles. The fourth-order valence-electron chi connectivity index (χ4n) is 0.895. The maximum atomic E-state index is 10.6. The predicted molar refractivity (Wildman–Crippen MR) is 86.6 cm³/mol. The van der Waals surface area contributed by atoms with Gasteiger partial charge >= 0.3 is 23.9 Å². The van der Waals surface area contributed by atoms with Crippen molar-refractivity contribution in [1.29, 1.82) is 0 Å². The molecule has 12 heteroatoms. The molecule has 0 fully saturated rings. The van der Waals surface area contributed by atoms with Gasteiger partial charge in [-0.2, -0.15) is 0 Å². The van der Waals surface area contributed by atoms with Gasteiger partial charge in [-0.25, -0.2) is 32.7 Å². The number of carboxylic acid groups (broad SMARTS) is 4. The fraction of sp³-hybridized carbons (Fsp3) is 0. The van der Waals surface area contributed by atoms with Gasteiger partial charge in [0.1, 0.15) is 0 Å². The van der Waals surface area contributed by atoms with Gasteiger partial charge in [-0.3, -0.25) is 0 Å². The van der Waals surface area contributed by atoms with Gasteiger partial charge in [0.15, 0.2) is 0 Å². The molecule has 142 valence electrons. The summed E-state index contributed by atoms with van der Waals surface area (Å²) >= 11 is 0. The molecule has 0 spiro atoms. The van der Waals surface area contributed by atoms with Crippen molar-refractivity contribution in [3.63, 3.8) is 0 Å². The molecule has 0 aliphatic carbocycles. The van der Waals surface area contributed by atoms with Crippen LogP contribution >= 0.6 is 0 Å². The minimum atomic E-state index is -3.50. The molecule has 0 heterocycles. The highest BCUT2D eigenvalue weighted by Crippen LogP contribution is 2.03. The van der Waals surface area contributed by atoms with Crippen LogP contribution in [0.2, 0.25) is 0 Å². The lowest BCUT2D eigenvalue weighted by atomic mass is 10.4. The third kappa shape index (κ3) is 18.5. The Balaban J connectivity index is 0. The van der Waals surface area contributed by atoms with Crippen molar-refractivity contribution < 1.29 is 48.0 Å². The van der Waals surface area contributed by atoms with Crippen LogP contribution in [0.15, 0.2) is 59.5 Å². The van der Waals surface area contributed by atoms with Gasteiger partial charge in [0.05, 0.1) is 4.90 Å². The first-order valence-corrected chi connectivity index (χ1v) is 7.76. The zero-order valence-electron chi connectivity index (χ0n) is 12.9. The van der Waals surface area contributed by atoms with Crippen molar-refractivity contribution in [3.8, 4) is 0 Å². The minimum Gasteiger partial charge on any atom is -0.478 e. The van der Waals surface area contributed by atoms with Crippen LogP contribution in [0, 0.1) is 0 Å². The Morgan fingerprint density at radius 2 is 0.962 bits per heavy atom. The van der Waals surface area contributed by atoms with E-state index < -0.39 is 33.9 Å². The van der Waals surface area contributed by atoms with E-state index in [2.05, 4.69) is 0 Å². The molecule has 1 aromatic rings. The van der Waals surface area contributed by atoms with Gasteiger partial charge in [-0.05, 0) is 12.1 Å². The number of primary sulfonamides is 1. The molecule has 0 atom stereocenters. The maximum absolute atomic E-state index is 10.6. The number of benzene rings is 1. The normalized spacial score (nSPS) is 10.2. The van der Waals surface area contributed by atoms with Crippen LogP contribution < -0.4 is 5.14 Å². The number of carbonyl (C=O) groups is 4. The van der Waals surface area contributed by atoms with Crippen LogP contribution in [-0.2, 0) is 29.2 Å². The highest BCUT2D eigenvalue weighted by atomic mass is 32.2. The van der Waals surface area contributed by atoms with E-state index in [4.69, 9.17) is 25.6 Å². The van der Waals surface area contributed by atoms with Gasteiger partial charge in [-0.15, -0.1) is 0 Å². The fourth-order valence-corrected chi connectivity index (χ4v) is 1.43. The number of nitrogens with two attached hydrogens (primary N) is 1. The van der Waals surface area contributed by atoms with Crippen LogP contribution in [0.1, 0.15) is 0 Å². The standard InChI is InChI=1S/C6H7NO2S.2C4H4O4/c7-10(8,9)6-4-2-1-3-5-6;2*5-3(6)1-2-4(7)8/h1-5H,(H2,7,8,9);2*1-2H,(H,5,6)(H,7,8)/b;2*2-1-. The van der Waals surface area contributed by atoms with E-state index in [-0.39, 0.29) is 4.90 Å². The van der Waals surface area contributed by atoms with Crippen molar-refractivity contribution in [1.82, 2.24) is 0 Å². The average molecular weight is 389 g/mol. The largest absolute Gasteiger partial charge is 0.478 e. The molecular formula is C14H15NO10S. The Bertz CT molecular complexity index is 715. The molecule has 0 bridgehead atoms. The van der Waals surface area contributed by atoms with Crippen molar-refractivity contribution in [2.45, 2.75) is 4.90 Å². The van der Waals surface area contributed by atoms with Gasteiger partial charge in [0, 0.05) is 24.3 Å². The molecule has 0 saturated heterocycles. The van der Waals surface area contributed by atoms with Gasteiger partial charge in [-0.1, -0.05) is 18.2 Å². The molecule has 0 aromatic heterocycles. The molecule has 0 radical (unpaired) electrons. The van der Waals surface area contributed by atoms with E-state index in [0.717, 1.165) is 0 Å². The van der Waals surface area contributed by atoms with Gasteiger partial charge < -0.3 is 20.4 Å². The number of rotatable bonds is 5. The molecule has 0 amide bonds. The van der Waals surface area contributed by atoms with Crippen molar-refractivity contribution in [3.05, 3.63) is 54.6 Å². The molecule has 26 heavy (non-hydrogen) atoms. The molecule has 6 N–H and O–H groups in total. The van der Waals surface area contributed by atoms with Gasteiger partial charge in [0.25, 0.3) is 0 Å². The number of sulfonamides is 1. The second-order valence-corrected chi connectivity index (χ2v) is 5.44. The summed E-state index contributed by atoms with van der Waals surface area (Å²) in [7, 11) is -3.50. The van der Waals surface area contributed by atoms with Crippen LogP contribution in [-0.4, -0.2) is 52.7 Å². The molecule has 0 aliphatic rings. The first-order valence-electron chi connectivity index (χ1n) is 6.22. The van der Waals surface area contributed by atoms with E-state index in [0.29, 0.717) is 24.3 Å². The summed E-state index contributed by atoms with van der Waals surface area (Å²) in [4.78, 5) is 38.4. The lowest BCUT2D eigenvalue weighted by molar-refractivity contribution is -0.134. The van der Waals surface area contributed by atoms with Crippen molar-refractivity contribution in [2.24, 2.45) is 5.14 Å². The number of aliphatic carboxylic acids is 4. The summed E-state index contributed by atoms with van der Waals surface area (Å²) < 4.78 is 21.2. The lowest BCUT2D eigenvalue weighted by Crippen LogP contribution is -2.11. The molecular weight excluding hydrogens is 374 g/mol. The molecule has 1 rings (SSSR count). The van der Waals surface area contributed by atoms with E-state index >= 15 is 0 Å². The number of carboxylic acids is 4. The SMILES string of the molecule is NS(=O)(=O)c1ccccc1.O=C(O)/C=C\C(=O)O.O=C(O)/C=C\C(=O)O. The van der Waals surface area contributed by atoms with Crippen molar-refractivity contribution >= 4 is 33.9 Å². The van der Waals surface area contributed by atoms with E-state index in [1.54, 1.807) is 18.2 Å². The van der Waals surface area contributed by atoms with Crippen LogP contribution in [0.25, 0.3) is 0 Å². The average Bonchev–Trinajstić information content (AvgIpc) is 2.52. The van der Waals surface area contributed by atoms with Crippen molar-refractivity contribution in [2.75, 3.05) is 0 Å². The predicted octanol–water partition coefficient (Wildman–Crippen LogP) is -0.242. The molecule has 1 aromatic carbocycles. The maximum Gasteiger partial charge on any atom is 0.328 e. The highest BCUT2D eigenvalue weighted by molar-refractivity contribution is 7.89. The first-order chi connectivity index (χ1) is 11.9. The molecule has 0 saturated carbocycles. The highest BCUT2D eigenvalue weighted by Gasteiger charge is 2.03. The monoisotopic (exact) mass is 389 g/mol. The second kappa shape index (κ2) is 12.9. The van der Waals surface area contributed by atoms with Crippen LogP contribution in [0.3, 0.4) is 0 Å². The van der Waals surface area contributed by atoms with E-state index in [1.807, 2.05) is 0 Å². The Kier molecular flexibility index (Phi) is 12.2. The minimum absolute atomic E-state index is 0.148. The molecule has 11 nitrogen and oxygen atoms in total. The third-order valence-corrected chi connectivity index (χ3v) is 2.74. The molecule has 0 unspecified atom stereocenters. The van der Waals surface area contributed by atoms with Gasteiger partial charge in [0.2, 0.25) is 10.0 Å². The quantitative estimate of drug-likeness (QED) is 0.417. The van der Waals surface area contributed by atoms with Crippen LogP contribution in [0.5, 0.6) is 0 Å². The smallest absolute Gasteiger partial charge is 0.328 e. The summed E-state index contributed by atoms with van der Waals surface area (Å²) in [5, 5.41) is 36.1. The Morgan fingerprint density at radius 1 is 0.692 bits per heavy atom. The summed E-state index contributed by atoms with van der Waals surface area (Å²) in [6, 6.07) is 7.89. The Labute approximate surface area is 147 Å². The summed E-state index contributed by atoms with van der Waals surface area (Å²) in [5.74, 6) is -5.03. The Morgan fingerprint density at radius 3 is 1.12 bits per heavy atom. The zero-order chi connectivity index (χ0) is 20.8. The van der Waals surface area contributed by atoms with Crippen LogP contribution in [0.4, 0.5) is 0 Å². The topological polar surface area (TPSA) is 209 Å². The lowest BCUT2D eigenvalue weighted by Gasteiger charge is -1.93. The zero-order valence-corrected chi connectivity index (χ0v) is 13.7. The summed E-state index contributed by atoms with van der Waals surface area (Å²) in [5.41, 5.74) is 0. The van der Waals surface area contributed by atoms with E-state index in [9.17, 15) is 27.6 Å². The van der Waals surface area contributed by atoms with E-state index in [1.165, 1.54) is 12.1 Å². The Hall–Kier alpha value is -3.51. The second-order valence-electron chi connectivity index (χ2n) is 3.88.